The Morgan fingerprint density at radius 3 is 2.86 bits per heavy atom. The summed E-state index contributed by atoms with van der Waals surface area (Å²) >= 11 is 0. The van der Waals surface area contributed by atoms with Gasteiger partial charge in [0.05, 0.1) is 12.1 Å². The van der Waals surface area contributed by atoms with E-state index in [9.17, 15) is 4.79 Å². The molecule has 0 spiro atoms. The second-order valence-electron chi connectivity index (χ2n) is 5.82. The second-order valence-corrected chi connectivity index (χ2v) is 5.82. The molecule has 0 aliphatic heterocycles. The molecule has 1 amide bonds. The number of terminal acetylenes is 1. The molecule has 1 fully saturated rings. The van der Waals surface area contributed by atoms with Crippen molar-refractivity contribution in [1.82, 2.24) is 19.5 Å². The van der Waals surface area contributed by atoms with Crippen LogP contribution in [-0.2, 0) is 0 Å². The second kappa shape index (κ2) is 6.18. The summed E-state index contributed by atoms with van der Waals surface area (Å²) < 4.78 is 1.84. The number of fused-ring (bicyclic) bond motifs is 1. The zero-order valence-corrected chi connectivity index (χ0v) is 12.8. The Morgan fingerprint density at radius 2 is 2.14 bits per heavy atom. The lowest BCUT2D eigenvalue weighted by Crippen LogP contribution is -2.41. The van der Waals surface area contributed by atoms with E-state index in [0.717, 1.165) is 24.3 Å². The molecule has 0 aromatic carbocycles. The number of amides is 1. The molecule has 3 rings (SSSR count). The molecule has 0 unspecified atom stereocenters. The highest BCUT2D eigenvalue weighted by Crippen LogP contribution is 2.24. The van der Waals surface area contributed by atoms with Gasteiger partial charge in [0.1, 0.15) is 5.82 Å². The van der Waals surface area contributed by atoms with Crippen molar-refractivity contribution < 1.29 is 4.79 Å². The van der Waals surface area contributed by atoms with Crippen LogP contribution in [0, 0.1) is 19.3 Å². The molecule has 5 nitrogen and oxygen atoms in total. The third-order valence-corrected chi connectivity index (χ3v) is 4.36. The standard InChI is InChI=1S/C17H20N4O/c1-3-11-20(15-7-5-4-6-8-15)17(22)14-9-10-16-19-18-13(2)21(16)12-14/h1,9-10,12,15H,4-8,11H2,2H3. The molecule has 0 radical (unpaired) electrons. The molecule has 114 valence electrons. The van der Waals surface area contributed by atoms with Crippen LogP contribution in [-0.4, -0.2) is 38.0 Å². The van der Waals surface area contributed by atoms with Crippen molar-refractivity contribution >= 4 is 11.6 Å². The highest BCUT2D eigenvalue weighted by atomic mass is 16.2. The average molecular weight is 296 g/mol. The minimum Gasteiger partial charge on any atom is -0.324 e. The number of aryl methyl sites for hydroxylation is 1. The fourth-order valence-electron chi connectivity index (χ4n) is 3.16. The van der Waals surface area contributed by atoms with Crippen LogP contribution in [0.4, 0.5) is 0 Å². The fraction of sp³-hybridized carbons (Fsp3) is 0.471. The molecule has 2 aromatic rings. The Bertz CT molecular complexity index is 722. The van der Waals surface area contributed by atoms with E-state index < -0.39 is 0 Å². The zero-order valence-electron chi connectivity index (χ0n) is 12.8. The van der Waals surface area contributed by atoms with Gasteiger partial charge in [-0.2, -0.15) is 0 Å². The average Bonchev–Trinajstić information content (AvgIpc) is 2.93. The first-order valence-corrected chi connectivity index (χ1v) is 7.76. The van der Waals surface area contributed by atoms with Gasteiger partial charge >= 0.3 is 0 Å². The van der Waals surface area contributed by atoms with Crippen LogP contribution in [0.15, 0.2) is 18.3 Å². The minimum atomic E-state index is -0.000139. The van der Waals surface area contributed by atoms with E-state index in [1.165, 1.54) is 19.3 Å². The summed E-state index contributed by atoms with van der Waals surface area (Å²) in [7, 11) is 0. The van der Waals surface area contributed by atoms with Gasteiger partial charge in [-0.1, -0.05) is 25.2 Å². The molecule has 0 atom stereocenters. The summed E-state index contributed by atoms with van der Waals surface area (Å²) in [6.45, 7) is 2.23. The summed E-state index contributed by atoms with van der Waals surface area (Å²) in [5.74, 6) is 3.40. The smallest absolute Gasteiger partial charge is 0.256 e. The normalized spacial score (nSPS) is 15.6. The van der Waals surface area contributed by atoms with E-state index in [1.54, 1.807) is 12.3 Å². The third-order valence-electron chi connectivity index (χ3n) is 4.36. The summed E-state index contributed by atoms with van der Waals surface area (Å²) in [5, 5.41) is 8.07. The lowest BCUT2D eigenvalue weighted by molar-refractivity contribution is 0.0667. The molecule has 0 N–H and O–H groups in total. The largest absolute Gasteiger partial charge is 0.324 e. The van der Waals surface area contributed by atoms with Crippen molar-refractivity contribution in [3.05, 3.63) is 29.7 Å². The Balaban J connectivity index is 1.90. The third kappa shape index (κ3) is 2.69. The van der Waals surface area contributed by atoms with Gasteiger partial charge in [0.15, 0.2) is 5.65 Å². The Morgan fingerprint density at radius 1 is 1.36 bits per heavy atom. The number of carbonyl (C=O) groups is 1. The van der Waals surface area contributed by atoms with Crippen LogP contribution in [0.2, 0.25) is 0 Å². The minimum absolute atomic E-state index is 0.000139. The maximum Gasteiger partial charge on any atom is 0.256 e. The molecular weight excluding hydrogens is 276 g/mol. The van der Waals surface area contributed by atoms with E-state index in [4.69, 9.17) is 6.42 Å². The lowest BCUT2D eigenvalue weighted by atomic mass is 9.93. The number of pyridine rings is 1. The Labute approximate surface area is 130 Å². The van der Waals surface area contributed by atoms with Crippen molar-refractivity contribution in [2.24, 2.45) is 0 Å². The molecular formula is C17H20N4O. The number of hydrogen-bond donors (Lipinski definition) is 0. The van der Waals surface area contributed by atoms with Crippen molar-refractivity contribution in [1.29, 1.82) is 0 Å². The highest BCUT2D eigenvalue weighted by Gasteiger charge is 2.26. The van der Waals surface area contributed by atoms with Gasteiger partial charge in [-0.25, -0.2) is 0 Å². The molecule has 5 heteroatoms. The van der Waals surface area contributed by atoms with Crippen LogP contribution >= 0.6 is 0 Å². The molecule has 22 heavy (non-hydrogen) atoms. The van der Waals surface area contributed by atoms with Gasteiger partial charge in [0, 0.05) is 12.2 Å². The summed E-state index contributed by atoms with van der Waals surface area (Å²) in [5.41, 5.74) is 1.38. The van der Waals surface area contributed by atoms with Crippen molar-refractivity contribution in [3.8, 4) is 12.3 Å². The highest BCUT2D eigenvalue weighted by molar-refractivity contribution is 5.94. The van der Waals surface area contributed by atoms with Gasteiger partial charge in [-0.3, -0.25) is 9.20 Å². The number of hydrogen-bond acceptors (Lipinski definition) is 3. The first-order valence-electron chi connectivity index (χ1n) is 7.76. The molecule has 1 aliphatic rings. The van der Waals surface area contributed by atoms with E-state index >= 15 is 0 Å². The maximum atomic E-state index is 12.9. The molecule has 2 heterocycles. The first-order chi connectivity index (χ1) is 10.7. The summed E-state index contributed by atoms with van der Waals surface area (Å²) in [4.78, 5) is 14.7. The van der Waals surface area contributed by atoms with E-state index in [1.807, 2.05) is 22.3 Å². The molecule has 2 aromatic heterocycles. The van der Waals surface area contributed by atoms with E-state index in [2.05, 4.69) is 16.1 Å². The monoisotopic (exact) mass is 296 g/mol. The van der Waals surface area contributed by atoms with E-state index in [-0.39, 0.29) is 11.9 Å². The molecule has 1 aliphatic carbocycles. The predicted molar refractivity (Wildman–Crippen MR) is 84.5 cm³/mol. The Hall–Kier alpha value is -2.35. The van der Waals surface area contributed by atoms with Crippen LogP contribution in [0.1, 0.15) is 48.3 Å². The Kier molecular flexibility index (Phi) is 4.10. The number of aromatic nitrogens is 3. The van der Waals surface area contributed by atoms with Crippen LogP contribution in [0.25, 0.3) is 5.65 Å². The van der Waals surface area contributed by atoms with Gasteiger partial charge in [-0.05, 0) is 31.9 Å². The van der Waals surface area contributed by atoms with Crippen LogP contribution in [0.5, 0.6) is 0 Å². The van der Waals surface area contributed by atoms with Crippen molar-refractivity contribution in [2.45, 2.75) is 45.1 Å². The number of rotatable bonds is 3. The quantitative estimate of drug-likeness (QED) is 0.817. The zero-order chi connectivity index (χ0) is 15.5. The summed E-state index contributed by atoms with van der Waals surface area (Å²) in [6, 6.07) is 3.88. The van der Waals surface area contributed by atoms with Crippen LogP contribution in [0.3, 0.4) is 0 Å². The van der Waals surface area contributed by atoms with Gasteiger partial charge in [-0.15, -0.1) is 16.6 Å². The first kappa shape index (κ1) is 14.6. The number of nitrogens with zero attached hydrogens (tertiary/aromatic N) is 4. The lowest BCUT2D eigenvalue weighted by Gasteiger charge is -2.33. The fourth-order valence-corrected chi connectivity index (χ4v) is 3.16. The molecule has 0 saturated heterocycles. The van der Waals surface area contributed by atoms with Crippen molar-refractivity contribution in [2.75, 3.05) is 6.54 Å². The molecule has 1 saturated carbocycles. The topological polar surface area (TPSA) is 50.5 Å². The number of carbonyl (C=O) groups excluding carboxylic acids is 1. The van der Waals surface area contributed by atoms with Gasteiger partial charge < -0.3 is 4.90 Å². The summed E-state index contributed by atoms with van der Waals surface area (Å²) in [6.07, 6.45) is 13.0. The molecule has 0 bridgehead atoms. The van der Waals surface area contributed by atoms with Gasteiger partial charge in [0.25, 0.3) is 5.91 Å². The van der Waals surface area contributed by atoms with Crippen molar-refractivity contribution in [3.63, 3.8) is 0 Å². The maximum absolute atomic E-state index is 12.9. The predicted octanol–water partition coefficient (Wildman–Crippen LogP) is 2.45. The van der Waals surface area contributed by atoms with E-state index in [0.29, 0.717) is 12.1 Å². The van der Waals surface area contributed by atoms with Gasteiger partial charge in [0.2, 0.25) is 0 Å². The van der Waals surface area contributed by atoms with Crippen LogP contribution < -0.4 is 0 Å². The SMILES string of the molecule is C#CCN(C(=O)c1ccc2nnc(C)n2c1)C1CCCCC1.